The van der Waals surface area contributed by atoms with Crippen LogP contribution in [0.15, 0.2) is 22.9 Å². The number of thiophene rings is 1. The van der Waals surface area contributed by atoms with Gasteiger partial charge in [-0.1, -0.05) is 6.07 Å². The molecule has 4 heterocycles. The molecule has 0 bridgehead atoms. The van der Waals surface area contributed by atoms with E-state index in [-0.39, 0.29) is 24.2 Å². The summed E-state index contributed by atoms with van der Waals surface area (Å²) in [6.07, 6.45) is 1.94. The van der Waals surface area contributed by atoms with Crippen molar-refractivity contribution in [2.45, 2.75) is 51.4 Å². The van der Waals surface area contributed by atoms with Gasteiger partial charge in [-0.2, -0.15) is 0 Å². The number of aryl methyl sites for hydroxylation is 1. The number of aromatic nitrogens is 1. The molecule has 2 saturated heterocycles. The van der Waals surface area contributed by atoms with Gasteiger partial charge in [-0.25, -0.2) is 4.98 Å². The van der Waals surface area contributed by atoms with Crippen LogP contribution in [-0.4, -0.2) is 52.0 Å². The average molecular weight is 392 g/mol. The second-order valence-electron chi connectivity index (χ2n) is 7.26. The van der Waals surface area contributed by atoms with Crippen molar-refractivity contribution in [2.24, 2.45) is 0 Å². The summed E-state index contributed by atoms with van der Waals surface area (Å²) in [4.78, 5) is 22.9. The van der Waals surface area contributed by atoms with Crippen LogP contribution >= 0.6 is 22.7 Å². The average Bonchev–Trinajstić information content (AvgIpc) is 3.29. The van der Waals surface area contributed by atoms with Gasteiger partial charge in [-0.15, -0.1) is 22.7 Å². The van der Waals surface area contributed by atoms with Gasteiger partial charge < -0.3 is 9.64 Å². The molecule has 1 amide bonds. The molecule has 1 atom stereocenters. The van der Waals surface area contributed by atoms with E-state index in [2.05, 4.69) is 39.7 Å². The molecule has 2 fully saturated rings. The standard InChI is InChI=1S/C19H25N3O2S2/c1-14-19(5-7-21(8-6-19)11-17-4-3-9-25-17)24-12-18(23)22(14)10-16-13-26-15(2)20-16/h3-4,9,13-14H,5-8,10-12H2,1-2H3/t14-/m0/s1. The van der Waals surface area contributed by atoms with Gasteiger partial charge in [-0.05, 0) is 38.1 Å². The van der Waals surface area contributed by atoms with Gasteiger partial charge >= 0.3 is 0 Å². The Morgan fingerprint density at radius 2 is 2.12 bits per heavy atom. The first-order valence-electron chi connectivity index (χ1n) is 9.15. The normalized spacial score (nSPS) is 23.7. The van der Waals surface area contributed by atoms with Crippen LogP contribution in [0.1, 0.15) is 35.3 Å². The Morgan fingerprint density at radius 1 is 1.31 bits per heavy atom. The van der Waals surface area contributed by atoms with Crippen LogP contribution < -0.4 is 0 Å². The number of morpholine rings is 1. The molecule has 26 heavy (non-hydrogen) atoms. The Kier molecular flexibility index (Phi) is 5.14. The van der Waals surface area contributed by atoms with Crippen molar-refractivity contribution in [1.82, 2.24) is 14.8 Å². The third-order valence-corrected chi connectivity index (χ3v) is 7.38. The molecule has 0 N–H and O–H groups in total. The van der Waals surface area contributed by atoms with Gasteiger partial charge in [0.25, 0.3) is 0 Å². The SMILES string of the molecule is Cc1nc(CN2C(=O)COC3(CCN(Cc4cccs4)CC3)[C@@H]2C)cs1. The minimum absolute atomic E-state index is 0.0784. The molecule has 2 aromatic heterocycles. The molecular weight excluding hydrogens is 366 g/mol. The maximum atomic E-state index is 12.5. The Labute approximate surface area is 162 Å². The summed E-state index contributed by atoms with van der Waals surface area (Å²) in [5.74, 6) is 0.0785. The van der Waals surface area contributed by atoms with E-state index >= 15 is 0 Å². The van der Waals surface area contributed by atoms with E-state index in [0.29, 0.717) is 6.54 Å². The van der Waals surface area contributed by atoms with Gasteiger partial charge in [-0.3, -0.25) is 9.69 Å². The van der Waals surface area contributed by atoms with Crippen LogP contribution in [0.25, 0.3) is 0 Å². The van der Waals surface area contributed by atoms with E-state index < -0.39 is 0 Å². The highest BCUT2D eigenvalue weighted by Crippen LogP contribution is 2.36. The van der Waals surface area contributed by atoms with Crippen LogP contribution in [-0.2, 0) is 22.6 Å². The van der Waals surface area contributed by atoms with Gasteiger partial charge in [0.1, 0.15) is 6.61 Å². The number of piperidine rings is 1. The van der Waals surface area contributed by atoms with Gasteiger partial charge in [0.2, 0.25) is 5.91 Å². The number of rotatable bonds is 4. The van der Waals surface area contributed by atoms with Crippen LogP contribution in [0.2, 0.25) is 0 Å². The smallest absolute Gasteiger partial charge is 0.249 e. The highest BCUT2D eigenvalue weighted by molar-refractivity contribution is 7.10. The number of amides is 1. The molecule has 140 valence electrons. The Morgan fingerprint density at radius 3 is 2.77 bits per heavy atom. The van der Waals surface area contributed by atoms with Gasteiger partial charge in [0.15, 0.2) is 0 Å². The molecule has 0 unspecified atom stereocenters. The van der Waals surface area contributed by atoms with Crippen molar-refractivity contribution >= 4 is 28.6 Å². The molecule has 0 aromatic carbocycles. The zero-order valence-electron chi connectivity index (χ0n) is 15.3. The maximum Gasteiger partial charge on any atom is 0.249 e. The molecule has 0 radical (unpaired) electrons. The fraction of sp³-hybridized carbons (Fsp3) is 0.579. The minimum Gasteiger partial charge on any atom is -0.363 e. The summed E-state index contributed by atoms with van der Waals surface area (Å²) in [5.41, 5.74) is 0.769. The summed E-state index contributed by atoms with van der Waals surface area (Å²) < 4.78 is 6.15. The molecular formula is C19H25N3O2S2. The number of hydrogen-bond donors (Lipinski definition) is 0. The Bertz CT molecular complexity index is 751. The predicted octanol–water partition coefficient (Wildman–Crippen LogP) is 3.30. The Balaban J connectivity index is 1.42. The number of nitrogens with zero attached hydrogens (tertiary/aromatic N) is 3. The lowest BCUT2D eigenvalue weighted by molar-refractivity contribution is -0.188. The number of hydrogen-bond acceptors (Lipinski definition) is 6. The summed E-state index contributed by atoms with van der Waals surface area (Å²) in [6.45, 7) is 7.98. The van der Waals surface area contributed by atoms with Crippen molar-refractivity contribution in [2.75, 3.05) is 19.7 Å². The zero-order chi connectivity index (χ0) is 18.1. The summed E-state index contributed by atoms with van der Waals surface area (Å²) in [5, 5.41) is 5.24. The van der Waals surface area contributed by atoms with E-state index in [1.807, 2.05) is 23.2 Å². The first kappa shape index (κ1) is 18.1. The summed E-state index contributed by atoms with van der Waals surface area (Å²) in [6, 6.07) is 4.39. The van der Waals surface area contributed by atoms with E-state index in [9.17, 15) is 4.79 Å². The molecule has 1 spiro atoms. The van der Waals surface area contributed by atoms with E-state index in [0.717, 1.165) is 43.2 Å². The predicted molar refractivity (Wildman–Crippen MR) is 104 cm³/mol. The molecule has 7 heteroatoms. The monoisotopic (exact) mass is 391 g/mol. The largest absolute Gasteiger partial charge is 0.363 e. The second-order valence-corrected chi connectivity index (χ2v) is 9.36. The fourth-order valence-electron chi connectivity index (χ4n) is 4.06. The van der Waals surface area contributed by atoms with Crippen molar-refractivity contribution in [1.29, 1.82) is 0 Å². The van der Waals surface area contributed by atoms with Crippen LogP contribution in [0.4, 0.5) is 0 Å². The van der Waals surface area contributed by atoms with Crippen molar-refractivity contribution in [3.8, 4) is 0 Å². The third kappa shape index (κ3) is 3.58. The van der Waals surface area contributed by atoms with Crippen LogP contribution in [0.3, 0.4) is 0 Å². The molecule has 2 aromatic rings. The van der Waals surface area contributed by atoms with Crippen LogP contribution in [0, 0.1) is 6.92 Å². The lowest BCUT2D eigenvalue weighted by Gasteiger charge is -2.51. The van der Waals surface area contributed by atoms with E-state index in [1.54, 1.807) is 11.3 Å². The van der Waals surface area contributed by atoms with Crippen molar-refractivity contribution < 1.29 is 9.53 Å². The summed E-state index contributed by atoms with van der Waals surface area (Å²) in [7, 11) is 0. The quantitative estimate of drug-likeness (QED) is 0.802. The summed E-state index contributed by atoms with van der Waals surface area (Å²) >= 11 is 3.45. The topological polar surface area (TPSA) is 45.7 Å². The minimum atomic E-state index is -0.217. The molecule has 5 nitrogen and oxygen atoms in total. The van der Waals surface area contributed by atoms with E-state index in [1.165, 1.54) is 4.88 Å². The lowest BCUT2D eigenvalue weighted by Crippen LogP contribution is -2.63. The van der Waals surface area contributed by atoms with Crippen LogP contribution in [0.5, 0.6) is 0 Å². The number of ether oxygens (including phenoxy) is 1. The second kappa shape index (κ2) is 7.38. The number of carbonyl (C=O) groups is 1. The molecule has 2 aliphatic heterocycles. The highest BCUT2D eigenvalue weighted by Gasteiger charge is 2.47. The molecule has 0 saturated carbocycles. The Hall–Kier alpha value is -1.28. The number of carbonyl (C=O) groups excluding carboxylic acids is 1. The number of likely N-dealkylation sites (tertiary alicyclic amines) is 1. The molecule has 0 aliphatic carbocycles. The molecule has 2 aliphatic rings. The third-order valence-electron chi connectivity index (χ3n) is 5.69. The first-order valence-corrected chi connectivity index (χ1v) is 10.9. The maximum absolute atomic E-state index is 12.5. The lowest BCUT2D eigenvalue weighted by atomic mass is 9.82. The number of thiazole rings is 1. The molecule has 4 rings (SSSR count). The first-order chi connectivity index (χ1) is 12.6. The van der Waals surface area contributed by atoms with Gasteiger partial charge in [0, 0.05) is 29.9 Å². The highest BCUT2D eigenvalue weighted by atomic mass is 32.1. The van der Waals surface area contributed by atoms with Gasteiger partial charge in [0.05, 0.1) is 28.9 Å². The van der Waals surface area contributed by atoms with Crippen molar-refractivity contribution in [3.05, 3.63) is 38.5 Å². The van der Waals surface area contributed by atoms with E-state index in [4.69, 9.17) is 4.74 Å². The zero-order valence-corrected chi connectivity index (χ0v) is 16.9. The fourth-order valence-corrected chi connectivity index (χ4v) is 5.41. The van der Waals surface area contributed by atoms with Crippen molar-refractivity contribution in [3.63, 3.8) is 0 Å².